The molecule has 118 valence electrons. The highest BCUT2D eigenvalue weighted by Gasteiger charge is 2.29. The molecule has 0 fully saturated rings. The molecule has 0 saturated carbocycles. The first-order valence-electron chi connectivity index (χ1n) is 8.07. The molecule has 4 aromatic carbocycles. The highest BCUT2D eigenvalue weighted by atomic mass is 16.3. The first-order chi connectivity index (χ1) is 11.7. The second-order valence-corrected chi connectivity index (χ2v) is 6.48. The summed E-state index contributed by atoms with van der Waals surface area (Å²) in [6.45, 7) is -0.162. The van der Waals surface area contributed by atoms with Crippen molar-refractivity contribution in [2.45, 2.75) is 12.2 Å². The van der Waals surface area contributed by atoms with E-state index in [9.17, 15) is 15.3 Å². The van der Waals surface area contributed by atoms with Gasteiger partial charge in [0.1, 0.15) is 12.2 Å². The predicted molar refractivity (Wildman–Crippen MR) is 96.2 cm³/mol. The minimum Gasteiger partial charge on any atom is -0.392 e. The van der Waals surface area contributed by atoms with Crippen molar-refractivity contribution in [3.63, 3.8) is 0 Å². The molecule has 0 saturated heterocycles. The second kappa shape index (κ2) is 4.77. The molecule has 0 spiro atoms. The quantitative estimate of drug-likeness (QED) is 0.472. The van der Waals surface area contributed by atoms with Gasteiger partial charge in [-0.1, -0.05) is 42.5 Å². The van der Waals surface area contributed by atoms with Crippen LogP contribution in [-0.2, 0) is 0 Å². The average Bonchev–Trinajstić information content (AvgIpc) is 2.62. The van der Waals surface area contributed by atoms with Gasteiger partial charge < -0.3 is 15.3 Å². The fraction of sp³-hybridized carbons (Fsp3) is 0.143. The lowest BCUT2D eigenvalue weighted by Gasteiger charge is -2.28. The van der Waals surface area contributed by atoms with Gasteiger partial charge in [0.05, 0.1) is 6.61 Å². The van der Waals surface area contributed by atoms with Gasteiger partial charge in [0.25, 0.3) is 0 Å². The monoisotopic (exact) mass is 316 g/mol. The summed E-state index contributed by atoms with van der Waals surface area (Å²) in [7, 11) is 0. The van der Waals surface area contributed by atoms with E-state index >= 15 is 0 Å². The highest BCUT2D eigenvalue weighted by Crippen LogP contribution is 2.43. The van der Waals surface area contributed by atoms with Crippen LogP contribution in [0.25, 0.3) is 37.9 Å². The third kappa shape index (κ3) is 1.66. The molecule has 0 unspecified atom stereocenters. The maximum atomic E-state index is 10.6. The number of aliphatic hydroxyl groups is 3. The topological polar surface area (TPSA) is 60.7 Å². The lowest BCUT2D eigenvalue weighted by Crippen LogP contribution is -2.22. The number of fused-ring (bicyclic) bond motifs is 2. The van der Waals surface area contributed by atoms with Gasteiger partial charge >= 0.3 is 0 Å². The fourth-order valence-electron chi connectivity index (χ4n) is 4.11. The number of benzene rings is 4. The van der Waals surface area contributed by atoms with Crippen molar-refractivity contribution < 1.29 is 15.3 Å². The van der Waals surface area contributed by atoms with Crippen molar-refractivity contribution in [2.24, 2.45) is 0 Å². The zero-order valence-electron chi connectivity index (χ0n) is 12.9. The van der Waals surface area contributed by atoms with Crippen molar-refractivity contribution in [2.75, 3.05) is 6.61 Å². The Bertz CT molecular complexity index is 1110. The molecule has 0 bridgehead atoms. The summed E-state index contributed by atoms with van der Waals surface area (Å²) in [6.07, 6.45) is -0.442. The molecule has 0 heterocycles. The van der Waals surface area contributed by atoms with E-state index in [0.717, 1.165) is 32.5 Å². The molecule has 0 aromatic heterocycles. The van der Waals surface area contributed by atoms with Crippen LogP contribution < -0.4 is 0 Å². The number of rotatable bonds is 1. The average molecular weight is 316 g/mol. The van der Waals surface area contributed by atoms with Crippen LogP contribution in [0.15, 0.2) is 54.6 Å². The Morgan fingerprint density at radius 3 is 2.29 bits per heavy atom. The number of hydrogen-bond donors (Lipinski definition) is 3. The molecule has 3 N–H and O–H groups in total. The van der Waals surface area contributed by atoms with E-state index in [0.29, 0.717) is 11.1 Å². The van der Waals surface area contributed by atoms with E-state index < -0.39 is 12.2 Å². The molecule has 1 aliphatic rings. The van der Waals surface area contributed by atoms with Crippen molar-refractivity contribution in [3.8, 4) is 0 Å². The van der Waals surface area contributed by atoms with Gasteiger partial charge in [-0.25, -0.2) is 0 Å². The minimum absolute atomic E-state index is 0.162. The smallest absolute Gasteiger partial charge is 0.110 e. The van der Waals surface area contributed by atoms with E-state index in [2.05, 4.69) is 30.3 Å². The van der Waals surface area contributed by atoms with Gasteiger partial charge in [-0.05, 0) is 61.2 Å². The zero-order valence-corrected chi connectivity index (χ0v) is 12.9. The first kappa shape index (κ1) is 13.9. The third-order valence-electron chi connectivity index (χ3n) is 5.20. The van der Waals surface area contributed by atoms with E-state index in [1.54, 1.807) is 6.08 Å². The summed E-state index contributed by atoms with van der Waals surface area (Å²) >= 11 is 0. The zero-order chi connectivity index (χ0) is 16.4. The highest BCUT2D eigenvalue weighted by molar-refractivity contribution is 6.24. The Labute approximate surface area is 138 Å². The lowest BCUT2D eigenvalue weighted by molar-refractivity contribution is 0.0472. The van der Waals surface area contributed by atoms with Crippen molar-refractivity contribution in [1.29, 1.82) is 0 Å². The van der Waals surface area contributed by atoms with Gasteiger partial charge in [0.2, 0.25) is 0 Å². The minimum atomic E-state index is -1.00. The van der Waals surface area contributed by atoms with Crippen molar-refractivity contribution in [3.05, 3.63) is 65.7 Å². The van der Waals surface area contributed by atoms with Crippen LogP contribution >= 0.6 is 0 Å². The van der Waals surface area contributed by atoms with Crippen LogP contribution in [0.5, 0.6) is 0 Å². The summed E-state index contributed by atoms with van der Waals surface area (Å²) in [5, 5.41) is 37.1. The maximum absolute atomic E-state index is 10.6. The SMILES string of the molecule is OCC1=C[C@H](O)[C@@H](O)c2c1cc1ccc3cccc4ccc2c1c34. The van der Waals surface area contributed by atoms with Crippen LogP contribution in [0.4, 0.5) is 0 Å². The Hall–Kier alpha value is -2.46. The predicted octanol–water partition coefficient (Wildman–Crippen LogP) is 3.37. The summed E-state index contributed by atoms with van der Waals surface area (Å²) in [4.78, 5) is 0. The molecular weight excluding hydrogens is 300 g/mol. The Balaban J connectivity index is 2.03. The second-order valence-electron chi connectivity index (χ2n) is 6.48. The normalized spacial score (nSPS) is 20.7. The molecular formula is C21H16O3. The number of hydrogen-bond acceptors (Lipinski definition) is 3. The molecule has 24 heavy (non-hydrogen) atoms. The summed E-state index contributed by atoms with van der Waals surface area (Å²) in [6, 6.07) is 16.5. The third-order valence-corrected chi connectivity index (χ3v) is 5.20. The first-order valence-corrected chi connectivity index (χ1v) is 8.07. The fourth-order valence-corrected chi connectivity index (χ4v) is 4.11. The molecule has 1 aliphatic carbocycles. The maximum Gasteiger partial charge on any atom is 0.110 e. The largest absolute Gasteiger partial charge is 0.392 e. The van der Waals surface area contributed by atoms with Crippen molar-refractivity contribution in [1.82, 2.24) is 0 Å². The molecule has 3 nitrogen and oxygen atoms in total. The molecule has 0 aliphatic heterocycles. The molecule has 0 amide bonds. The van der Waals surface area contributed by atoms with E-state index in [1.165, 1.54) is 5.39 Å². The van der Waals surface area contributed by atoms with Crippen LogP contribution in [0, 0.1) is 0 Å². The summed E-state index contributed by atoms with van der Waals surface area (Å²) in [5.74, 6) is 0. The van der Waals surface area contributed by atoms with Crippen LogP contribution in [0.3, 0.4) is 0 Å². The molecule has 4 aromatic rings. The van der Waals surface area contributed by atoms with Gasteiger partial charge in [-0.2, -0.15) is 0 Å². The molecule has 0 radical (unpaired) electrons. The lowest BCUT2D eigenvalue weighted by atomic mass is 9.81. The van der Waals surface area contributed by atoms with E-state index in [1.807, 2.05) is 18.2 Å². The Kier molecular flexibility index (Phi) is 2.77. The summed E-state index contributed by atoms with van der Waals surface area (Å²) < 4.78 is 0. The van der Waals surface area contributed by atoms with Crippen LogP contribution in [0.1, 0.15) is 17.2 Å². The molecule has 3 heteroatoms. The van der Waals surface area contributed by atoms with Crippen LogP contribution in [-0.4, -0.2) is 28.0 Å². The van der Waals surface area contributed by atoms with Crippen LogP contribution in [0.2, 0.25) is 0 Å². The van der Waals surface area contributed by atoms with Gasteiger partial charge in [0.15, 0.2) is 0 Å². The standard InChI is InChI=1S/C21H16O3/c22-10-14-9-17(23)21(24)20-15-7-6-12-3-1-2-11-4-5-13(8-16(14)20)19(15)18(11)12/h1-9,17,21-24H,10H2/t17-,21+/m0/s1. The van der Waals surface area contributed by atoms with Crippen molar-refractivity contribution >= 4 is 37.9 Å². The molecule has 2 atom stereocenters. The van der Waals surface area contributed by atoms with E-state index in [-0.39, 0.29) is 6.61 Å². The van der Waals surface area contributed by atoms with Gasteiger partial charge in [0, 0.05) is 0 Å². The Morgan fingerprint density at radius 1 is 0.833 bits per heavy atom. The Morgan fingerprint density at radius 2 is 1.54 bits per heavy atom. The van der Waals surface area contributed by atoms with E-state index in [4.69, 9.17) is 0 Å². The van der Waals surface area contributed by atoms with Gasteiger partial charge in [-0.15, -0.1) is 0 Å². The van der Waals surface area contributed by atoms with Gasteiger partial charge in [-0.3, -0.25) is 0 Å². The number of aliphatic hydroxyl groups excluding tert-OH is 3. The molecule has 5 rings (SSSR count). The summed E-state index contributed by atoms with van der Waals surface area (Å²) in [5.41, 5.74) is 2.19.